The Morgan fingerprint density at radius 1 is 0.462 bits per heavy atom. The van der Waals surface area contributed by atoms with Crippen LogP contribution in [0.3, 0.4) is 0 Å². The van der Waals surface area contributed by atoms with E-state index in [-0.39, 0.29) is 52.8 Å². The van der Waals surface area contributed by atoms with E-state index in [1.165, 1.54) is 0 Å². The molecule has 13 heteroatoms. The van der Waals surface area contributed by atoms with Crippen LogP contribution in [0.5, 0.6) is 0 Å². The third kappa shape index (κ3) is 1280. The number of hydrogen-bond acceptors (Lipinski definition) is 0. The summed E-state index contributed by atoms with van der Waals surface area (Å²) in [5.74, 6) is 0. The molecule has 82 valence electrons. The predicted molar refractivity (Wildman–Crippen MR) is 48.2 cm³/mol. The van der Waals surface area contributed by atoms with Gasteiger partial charge in [0.25, 0.3) is 0 Å². The summed E-state index contributed by atoms with van der Waals surface area (Å²) in [4.78, 5) is 0. The van der Waals surface area contributed by atoms with E-state index in [1.54, 1.807) is 0 Å². The summed E-state index contributed by atoms with van der Waals surface area (Å²) in [6.45, 7) is 0. The standard InChI is InChI=1S/2BF4.2BrH.Li.H/c2*2-1(3,4)5;;;;/h;;2*1H;;/q2*-1;;;;. The second-order valence-corrected chi connectivity index (χ2v) is 0.990. The van der Waals surface area contributed by atoms with Gasteiger partial charge in [-0.3, -0.25) is 0 Å². The summed E-state index contributed by atoms with van der Waals surface area (Å²) in [5.41, 5.74) is 0. The predicted octanol–water partition coefficient (Wildman–Crippen LogP) is 3.11. The van der Waals surface area contributed by atoms with E-state index in [0.717, 1.165) is 0 Å². The van der Waals surface area contributed by atoms with E-state index in [4.69, 9.17) is 0 Å². The SMILES string of the molecule is Br.Br.F[B-](F)(F)F.F[B-](F)(F)F.[LiH]. The van der Waals surface area contributed by atoms with E-state index >= 15 is 0 Å². The van der Waals surface area contributed by atoms with Crippen LogP contribution in [-0.2, 0) is 0 Å². The Morgan fingerprint density at radius 3 is 0.462 bits per heavy atom. The molecule has 0 aromatic heterocycles. The van der Waals surface area contributed by atoms with E-state index < -0.39 is 14.5 Å². The minimum absolute atomic E-state index is 0. The van der Waals surface area contributed by atoms with E-state index in [2.05, 4.69) is 0 Å². The second kappa shape index (κ2) is 11.2. The molecule has 13 heavy (non-hydrogen) atoms. The van der Waals surface area contributed by atoms with Crippen LogP contribution in [0.15, 0.2) is 0 Å². The second-order valence-electron chi connectivity index (χ2n) is 0.990. The van der Waals surface area contributed by atoms with Crippen molar-refractivity contribution >= 4 is 67.3 Å². The van der Waals surface area contributed by atoms with Crippen molar-refractivity contribution in [1.29, 1.82) is 0 Å². The van der Waals surface area contributed by atoms with Crippen molar-refractivity contribution in [2.24, 2.45) is 0 Å². The van der Waals surface area contributed by atoms with Crippen molar-refractivity contribution in [2.45, 2.75) is 0 Å². The fourth-order valence-electron chi connectivity index (χ4n) is 0. The van der Waals surface area contributed by atoms with Crippen LogP contribution in [0.1, 0.15) is 0 Å². The van der Waals surface area contributed by atoms with Gasteiger partial charge in [0.05, 0.1) is 0 Å². The Balaban J connectivity index is -0.0000000267. The molecule has 0 amide bonds. The molecule has 0 bridgehead atoms. The molecular weight excluding hydrogens is 340 g/mol. The Kier molecular flexibility index (Phi) is 25.2. The van der Waals surface area contributed by atoms with Crippen molar-refractivity contribution in [3.63, 3.8) is 0 Å². The quantitative estimate of drug-likeness (QED) is 0.468. The molecule has 0 atom stereocenters. The van der Waals surface area contributed by atoms with Crippen LogP contribution >= 0.6 is 34.0 Å². The van der Waals surface area contributed by atoms with Crippen molar-refractivity contribution in [3.05, 3.63) is 0 Å². The minimum atomic E-state index is -6.00. The zero-order valence-electron chi connectivity index (χ0n) is 4.99. The number of rotatable bonds is 0. The van der Waals surface area contributed by atoms with E-state index in [1.807, 2.05) is 0 Å². The van der Waals surface area contributed by atoms with E-state index in [9.17, 15) is 34.5 Å². The number of hydrogen-bond donors (Lipinski definition) is 0. The van der Waals surface area contributed by atoms with Crippen molar-refractivity contribution < 1.29 is 34.5 Å². The fourth-order valence-corrected chi connectivity index (χ4v) is 0. The van der Waals surface area contributed by atoms with Gasteiger partial charge in [-0.05, 0) is 0 Å². The summed E-state index contributed by atoms with van der Waals surface area (Å²) in [6.07, 6.45) is 0. The van der Waals surface area contributed by atoms with Gasteiger partial charge in [0.15, 0.2) is 0 Å². The van der Waals surface area contributed by atoms with Gasteiger partial charge in [-0.1, -0.05) is 0 Å². The maximum atomic E-state index is 9.75. The molecule has 0 rings (SSSR count). The zero-order valence-corrected chi connectivity index (χ0v) is 8.42. The maximum absolute atomic E-state index is 9.75. The van der Waals surface area contributed by atoms with Gasteiger partial charge in [-0.25, -0.2) is 0 Å². The molecule has 0 aliphatic heterocycles. The average Bonchev–Trinajstić information content (AvgIpc) is 1.12. The van der Waals surface area contributed by atoms with Crippen LogP contribution in [0.25, 0.3) is 0 Å². The van der Waals surface area contributed by atoms with Gasteiger partial charge in [0.1, 0.15) is 0 Å². The first-order valence-electron chi connectivity index (χ1n) is 1.75. The monoisotopic (exact) mass is 342 g/mol. The Bertz CT molecular complexity index is 63.1. The third-order valence-corrected chi connectivity index (χ3v) is 0. The van der Waals surface area contributed by atoms with Crippen molar-refractivity contribution in [2.75, 3.05) is 0 Å². The molecule has 0 spiro atoms. The van der Waals surface area contributed by atoms with Crippen molar-refractivity contribution in [3.8, 4) is 0 Å². The zero-order chi connectivity index (χ0) is 9.00. The summed E-state index contributed by atoms with van der Waals surface area (Å²) in [7, 11) is -12.0. The van der Waals surface area contributed by atoms with Crippen LogP contribution in [0.4, 0.5) is 34.5 Å². The van der Waals surface area contributed by atoms with Gasteiger partial charge in [-0.2, -0.15) is 0 Å². The van der Waals surface area contributed by atoms with Crippen LogP contribution < -0.4 is 0 Å². The summed E-state index contributed by atoms with van der Waals surface area (Å²) in [5, 5.41) is 0. The fraction of sp³-hybridized carbons (Fsp3) is 0. The van der Waals surface area contributed by atoms with Crippen LogP contribution in [0.2, 0.25) is 0 Å². The molecule has 0 heterocycles. The first kappa shape index (κ1) is 29.2. The van der Waals surface area contributed by atoms with Crippen LogP contribution in [-0.4, -0.2) is 33.4 Å². The Labute approximate surface area is 102 Å². The summed E-state index contributed by atoms with van der Waals surface area (Å²) >= 11 is 0. The normalized spacial score (nSPS) is 9.23. The van der Waals surface area contributed by atoms with Gasteiger partial charge < -0.3 is 34.5 Å². The van der Waals surface area contributed by atoms with E-state index in [0.29, 0.717) is 0 Å². The molecule has 0 aliphatic carbocycles. The first-order valence-corrected chi connectivity index (χ1v) is 1.75. The topological polar surface area (TPSA) is 0 Å². The molecule has 0 aromatic rings. The first-order chi connectivity index (χ1) is 4.00. The van der Waals surface area contributed by atoms with Gasteiger partial charge in [0.2, 0.25) is 0 Å². The molecule has 0 fully saturated rings. The van der Waals surface area contributed by atoms with Gasteiger partial charge >= 0.3 is 33.4 Å². The van der Waals surface area contributed by atoms with Crippen molar-refractivity contribution in [1.82, 2.24) is 0 Å². The molecule has 0 aromatic carbocycles. The van der Waals surface area contributed by atoms with Gasteiger partial charge in [-0.15, -0.1) is 34.0 Å². The summed E-state index contributed by atoms with van der Waals surface area (Å²) in [6, 6.07) is 0. The molecule has 0 N–H and O–H groups in total. The van der Waals surface area contributed by atoms with Gasteiger partial charge in [0, 0.05) is 0 Å². The third-order valence-electron chi connectivity index (χ3n) is 0. The molecule has 0 saturated carbocycles. The molecule has 0 nitrogen and oxygen atoms in total. The molecule has 0 unspecified atom stereocenters. The average molecular weight is 343 g/mol. The Morgan fingerprint density at radius 2 is 0.462 bits per heavy atom. The molecular formula is H3B2Br2F8Li-2. The molecule has 0 aliphatic rings. The number of halogens is 10. The summed E-state index contributed by atoms with van der Waals surface area (Å²) < 4.78 is 78.0. The Hall–Kier alpha value is 1.13. The van der Waals surface area contributed by atoms with Crippen LogP contribution in [0, 0.1) is 0 Å². The molecule has 0 radical (unpaired) electrons. The molecule has 0 saturated heterocycles.